The Hall–Kier alpha value is -1.38. The molecule has 88 valence electrons. The monoisotopic (exact) mass is 223 g/mol. The third kappa shape index (κ3) is 5.49. The van der Waals surface area contributed by atoms with Gasteiger partial charge in [-0.1, -0.05) is 37.1 Å². The molecule has 16 heavy (non-hydrogen) atoms. The van der Waals surface area contributed by atoms with Gasteiger partial charge in [-0.3, -0.25) is 0 Å². The quantitative estimate of drug-likeness (QED) is 0.392. The molecule has 0 aliphatic heterocycles. The van der Waals surface area contributed by atoms with Crippen molar-refractivity contribution in [1.29, 1.82) is 0 Å². The van der Waals surface area contributed by atoms with Gasteiger partial charge in [0.15, 0.2) is 0 Å². The fraction of sp³-hybridized carbons (Fsp3) is 0.462. The summed E-state index contributed by atoms with van der Waals surface area (Å²) in [5.74, 6) is -0.238. The molecule has 0 radical (unpaired) electrons. The largest absolute Gasteiger partial charge is 0.396 e. The average Bonchev–Trinajstić information content (AvgIpc) is 2.30. The van der Waals surface area contributed by atoms with Crippen LogP contribution in [0.3, 0.4) is 0 Å². The number of unbranched alkanes of at least 4 members (excludes halogenated alkanes) is 3. The molecule has 0 unspecified atom stereocenters. The van der Waals surface area contributed by atoms with Crippen LogP contribution in [0.1, 0.15) is 38.2 Å². The second-order valence-corrected chi connectivity index (χ2v) is 3.68. The van der Waals surface area contributed by atoms with Crippen LogP contribution in [-0.2, 0) is 4.84 Å². The molecule has 0 amide bonds. The van der Waals surface area contributed by atoms with E-state index in [1.165, 1.54) is 31.4 Å². The summed E-state index contributed by atoms with van der Waals surface area (Å²) in [6.07, 6.45) is 6.28. The van der Waals surface area contributed by atoms with E-state index in [1.807, 2.05) is 0 Å². The molecule has 0 aliphatic carbocycles. The predicted molar refractivity (Wildman–Crippen MR) is 64.1 cm³/mol. The normalized spacial score (nSPS) is 10.9. The minimum absolute atomic E-state index is 0.238. The van der Waals surface area contributed by atoms with Crippen LogP contribution in [0, 0.1) is 5.82 Å². The Balaban J connectivity index is 2.14. The molecule has 1 rings (SSSR count). The van der Waals surface area contributed by atoms with Gasteiger partial charge in [0, 0.05) is 0 Å². The Morgan fingerprint density at radius 3 is 2.62 bits per heavy atom. The lowest BCUT2D eigenvalue weighted by molar-refractivity contribution is 0.141. The number of oxime groups is 1. The van der Waals surface area contributed by atoms with Gasteiger partial charge < -0.3 is 4.84 Å². The first kappa shape index (κ1) is 12.7. The van der Waals surface area contributed by atoms with Crippen molar-refractivity contribution in [2.45, 2.75) is 32.6 Å². The van der Waals surface area contributed by atoms with E-state index < -0.39 is 0 Å². The van der Waals surface area contributed by atoms with Crippen molar-refractivity contribution in [3.8, 4) is 0 Å². The van der Waals surface area contributed by atoms with E-state index in [0.29, 0.717) is 6.61 Å². The number of benzene rings is 1. The van der Waals surface area contributed by atoms with E-state index in [-0.39, 0.29) is 5.82 Å². The van der Waals surface area contributed by atoms with E-state index in [2.05, 4.69) is 12.1 Å². The molecule has 3 heteroatoms. The fourth-order valence-electron chi connectivity index (χ4n) is 1.29. The topological polar surface area (TPSA) is 21.6 Å². The highest BCUT2D eigenvalue weighted by molar-refractivity contribution is 5.78. The van der Waals surface area contributed by atoms with E-state index >= 15 is 0 Å². The van der Waals surface area contributed by atoms with Gasteiger partial charge in [0.2, 0.25) is 0 Å². The molecule has 1 aromatic carbocycles. The number of halogens is 1. The first-order valence-electron chi connectivity index (χ1n) is 5.74. The fourth-order valence-corrected chi connectivity index (χ4v) is 1.29. The molecule has 0 atom stereocenters. The van der Waals surface area contributed by atoms with Crippen LogP contribution in [0.15, 0.2) is 29.4 Å². The predicted octanol–water partition coefficient (Wildman–Crippen LogP) is 3.76. The average molecular weight is 223 g/mol. The summed E-state index contributed by atoms with van der Waals surface area (Å²) in [6, 6.07) is 6.14. The van der Waals surface area contributed by atoms with Crippen LogP contribution in [0.2, 0.25) is 0 Å². The van der Waals surface area contributed by atoms with E-state index in [4.69, 9.17) is 4.84 Å². The van der Waals surface area contributed by atoms with Crippen molar-refractivity contribution in [3.05, 3.63) is 35.6 Å². The Labute approximate surface area is 96.1 Å². The van der Waals surface area contributed by atoms with Crippen molar-refractivity contribution in [2.24, 2.45) is 5.16 Å². The smallest absolute Gasteiger partial charge is 0.123 e. The summed E-state index contributed by atoms with van der Waals surface area (Å²) in [7, 11) is 0. The maximum atomic E-state index is 12.6. The van der Waals surface area contributed by atoms with Crippen molar-refractivity contribution >= 4 is 6.21 Å². The van der Waals surface area contributed by atoms with Crippen LogP contribution in [-0.4, -0.2) is 12.8 Å². The van der Waals surface area contributed by atoms with Gasteiger partial charge in [0.05, 0.1) is 6.21 Å². The molecule has 1 aromatic rings. The van der Waals surface area contributed by atoms with E-state index in [0.717, 1.165) is 12.0 Å². The SMILES string of the molecule is CCCCCCON=Cc1ccc(F)cc1. The number of hydrogen-bond acceptors (Lipinski definition) is 2. The van der Waals surface area contributed by atoms with Crippen molar-refractivity contribution in [3.63, 3.8) is 0 Å². The molecule has 0 spiro atoms. The lowest BCUT2D eigenvalue weighted by Gasteiger charge is -1.98. The Morgan fingerprint density at radius 1 is 1.19 bits per heavy atom. The van der Waals surface area contributed by atoms with Crippen molar-refractivity contribution in [1.82, 2.24) is 0 Å². The second-order valence-electron chi connectivity index (χ2n) is 3.68. The standard InChI is InChI=1S/C13H18FNO/c1-2-3-4-5-10-16-15-11-12-6-8-13(14)9-7-12/h6-9,11H,2-5,10H2,1H3. The molecule has 0 aromatic heterocycles. The first-order chi connectivity index (χ1) is 7.83. The summed E-state index contributed by atoms with van der Waals surface area (Å²) < 4.78 is 12.6. The Kier molecular flexibility index (Phi) is 6.23. The molecular formula is C13H18FNO. The summed E-state index contributed by atoms with van der Waals surface area (Å²) in [6.45, 7) is 2.82. The van der Waals surface area contributed by atoms with Gasteiger partial charge >= 0.3 is 0 Å². The molecule has 0 bridgehead atoms. The Bertz CT molecular complexity index is 308. The molecular weight excluding hydrogens is 205 g/mol. The minimum atomic E-state index is -0.238. The lowest BCUT2D eigenvalue weighted by Crippen LogP contribution is -1.89. The highest BCUT2D eigenvalue weighted by Gasteiger charge is 1.90. The van der Waals surface area contributed by atoms with Crippen molar-refractivity contribution < 1.29 is 9.23 Å². The number of rotatable bonds is 7. The zero-order valence-corrected chi connectivity index (χ0v) is 9.66. The van der Waals surface area contributed by atoms with Gasteiger partial charge in [0.25, 0.3) is 0 Å². The summed E-state index contributed by atoms with van der Waals surface area (Å²) in [5, 5.41) is 3.82. The third-order valence-electron chi connectivity index (χ3n) is 2.24. The van der Waals surface area contributed by atoms with Crippen LogP contribution >= 0.6 is 0 Å². The van der Waals surface area contributed by atoms with Gasteiger partial charge in [-0.15, -0.1) is 0 Å². The zero-order chi connectivity index (χ0) is 11.6. The van der Waals surface area contributed by atoms with E-state index in [9.17, 15) is 4.39 Å². The summed E-state index contributed by atoms with van der Waals surface area (Å²) in [5.41, 5.74) is 0.843. The summed E-state index contributed by atoms with van der Waals surface area (Å²) in [4.78, 5) is 5.09. The number of nitrogens with zero attached hydrogens (tertiary/aromatic N) is 1. The van der Waals surface area contributed by atoms with E-state index in [1.54, 1.807) is 18.3 Å². The molecule has 0 aliphatic rings. The first-order valence-corrected chi connectivity index (χ1v) is 5.74. The third-order valence-corrected chi connectivity index (χ3v) is 2.24. The summed E-state index contributed by atoms with van der Waals surface area (Å²) >= 11 is 0. The van der Waals surface area contributed by atoms with Crippen molar-refractivity contribution in [2.75, 3.05) is 6.61 Å². The molecule has 0 saturated heterocycles. The lowest BCUT2D eigenvalue weighted by atomic mass is 10.2. The zero-order valence-electron chi connectivity index (χ0n) is 9.66. The van der Waals surface area contributed by atoms with Gasteiger partial charge in [-0.05, 0) is 30.5 Å². The molecule has 2 nitrogen and oxygen atoms in total. The second kappa shape index (κ2) is 7.85. The maximum absolute atomic E-state index is 12.6. The molecule has 0 N–H and O–H groups in total. The highest BCUT2D eigenvalue weighted by atomic mass is 19.1. The molecule has 0 fully saturated rings. The van der Waals surface area contributed by atoms with Gasteiger partial charge in [-0.25, -0.2) is 4.39 Å². The van der Waals surface area contributed by atoms with Crippen LogP contribution in [0.5, 0.6) is 0 Å². The number of hydrogen-bond donors (Lipinski definition) is 0. The minimum Gasteiger partial charge on any atom is -0.396 e. The molecule has 0 saturated carbocycles. The Morgan fingerprint density at radius 2 is 1.94 bits per heavy atom. The van der Waals surface area contributed by atoms with Gasteiger partial charge in [-0.2, -0.15) is 0 Å². The van der Waals surface area contributed by atoms with Gasteiger partial charge in [0.1, 0.15) is 12.4 Å². The maximum Gasteiger partial charge on any atom is 0.123 e. The van der Waals surface area contributed by atoms with Crippen LogP contribution < -0.4 is 0 Å². The molecule has 0 heterocycles. The van der Waals surface area contributed by atoms with Crippen LogP contribution in [0.25, 0.3) is 0 Å². The highest BCUT2D eigenvalue weighted by Crippen LogP contribution is 2.01. The van der Waals surface area contributed by atoms with Crippen LogP contribution in [0.4, 0.5) is 4.39 Å².